The molecule has 0 spiro atoms. The van der Waals surface area contributed by atoms with Gasteiger partial charge in [0.15, 0.2) is 0 Å². The number of halogens is 1. The van der Waals surface area contributed by atoms with Crippen molar-refractivity contribution in [3.63, 3.8) is 0 Å². The van der Waals surface area contributed by atoms with Gasteiger partial charge in [-0.05, 0) is 18.6 Å². The van der Waals surface area contributed by atoms with E-state index in [9.17, 15) is 9.59 Å². The summed E-state index contributed by atoms with van der Waals surface area (Å²) < 4.78 is 0. The summed E-state index contributed by atoms with van der Waals surface area (Å²) in [5.74, 6) is -1.15. The van der Waals surface area contributed by atoms with Crippen molar-refractivity contribution in [2.45, 2.75) is 12.5 Å². The lowest BCUT2D eigenvalue weighted by Gasteiger charge is -2.28. The molecule has 0 bridgehead atoms. The first-order chi connectivity index (χ1) is 9.95. The zero-order valence-electron chi connectivity index (χ0n) is 11.3. The molecule has 0 aliphatic rings. The van der Waals surface area contributed by atoms with E-state index in [0.717, 1.165) is 0 Å². The molecule has 1 aromatic heterocycles. The zero-order chi connectivity index (χ0) is 15.5. The summed E-state index contributed by atoms with van der Waals surface area (Å²) in [7, 11) is 0. The van der Waals surface area contributed by atoms with Gasteiger partial charge in [0.1, 0.15) is 5.54 Å². The Balaban J connectivity index is 2.36. The zero-order valence-corrected chi connectivity index (χ0v) is 12.1. The predicted molar refractivity (Wildman–Crippen MR) is 79.7 cm³/mol. The third kappa shape index (κ3) is 3.03. The van der Waals surface area contributed by atoms with Crippen molar-refractivity contribution in [3.8, 4) is 0 Å². The molecule has 2 rings (SSSR count). The van der Waals surface area contributed by atoms with Crippen molar-refractivity contribution in [1.29, 1.82) is 0 Å². The number of nitrogens with zero attached hydrogens (tertiary/aromatic N) is 1. The SMILES string of the molecule is C[C@](NC(=O)c1ccncc1Cl)(C(N)=O)c1ccccc1. The minimum absolute atomic E-state index is 0.204. The van der Waals surface area contributed by atoms with E-state index in [1.54, 1.807) is 31.2 Å². The highest BCUT2D eigenvalue weighted by Gasteiger charge is 2.35. The second kappa shape index (κ2) is 5.93. The molecule has 1 atom stereocenters. The highest BCUT2D eigenvalue weighted by molar-refractivity contribution is 6.33. The Labute approximate surface area is 127 Å². The van der Waals surface area contributed by atoms with Crippen LogP contribution in [-0.4, -0.2) is 16.8 Å². The molecule has 2 amide bonds. The van der Waals surface area contributed by atoms with Crippen molar-refractivity contribution in [2.24, 2.45) is 5.73 Å². The van der Waals surface area contributed by atoms with Crippen LogP contribution in [0.25, 0.3) is 0 Å². The molecule has 0 saturated carbocycles. The molecule has 0 saturated heterocycles. The highest BCUT2D eigenvalue weighted by atomic mass is 35.5. The second-order valence-corrected chi connectivity index (χ2v) is 5.07. The van der Waals surface area contributed by atoms with Crippen LogP contribution in [0.3, 0.4) is 0 Å². The lowest BCUT2D eigenvalue weighted by atomic mass is 9.91. The van der Waals surface area contributed by atoms with E-state index in [0.29, 0.717) is 5.56 Å². The van der Waals surface area contributed by atoms with Gasteiger partial charge in [0.05, 0.1) is 10.6 Å². The highest BCUT2D eigenvalue weighted by Crippen LogP contribution is 2.22. The number of nitrogens with one attached hydrogen (secondary N) is 1. The van der Waals surface area contributed by atoms with Gasteiger partial charge in [0.25, 0.3) is 5.91 Å². The van der Waals surface area contributed by atoms with Gasteiger partial charge in [0.2, 0.25) is 5.91 Å². The number of rotatable bonds is 4. The Bertz CT molecular complexity index is 676. The number of hydrogen-bond donors (Lipinski definition) is 2. The molecule has 0 unspecified atom stereocenters. The van der Waals surface area contributed by atoms with Crippen LogP contribution in [0.5, 0.6) is 0 Å². The quantitative estimate of drug-likeness (QED) is 0.904. The van der Waals surface area contributed by atoms with E-state index in [1.807, 2.05) is 6.07 Å². The van der Waals surface area contributed by atoms with E-state index < -0.39 is 17.4 Å². The monoisotopic (exact) mass is 303 g/mol. The third-order valence-corrected chi connectivity index (χ3v) is 3.53. The van der Waals surface area contributed by atoms with Gasteiger partial charge >= 0.3 is 0 Å². The van der Waals surface area contributed by atoms with Crippen LogP contribution in [0.4, 0.5) is 0 Å². The average molecular weight is 304 g/mol. The molecule has 108 valence electrons. The first kappa shape index (κ1) is 15.0. The van der Waals surface area contributed by atoms with Gasteiger partial charge in [0, 0.05) is 12.4 Å². The Morgan fingerprint density at radius 3 is 2.48 bits per heavy atom. The maximum absolute atomic E-state index is 12.3. The van der Waals surface area contributed by atoms with Gasteiger partial charge in [-0.15, -0.1) is 0 Å². The molecule has 6 heteroatoms. The maximum atomic E-state index is 12.3. The summed E-state index contributed by atoms with van der Waals surface area (Å²) in [6, 6.07) is 10.3. The Morgan fingerprint density at radius 1 is 1.24 bits per heavy atom. The van der Waals surface area contributed by atoms with E-state index >= 15 is 0 Å². The van der Waals surface area contributed by atoms with Crippen LogP contribution in [-0.2, 0) is 10.3 Å². The number of primary amides is 1. The van der Waals surface area contributed by atoms with Gasteiger partial charge < -0.3 is 11.1 Å². The predicted octanol–water partition coefficient (Wildman–Crippen LogP) is 1.87. The van der Waals surface area contributed by atoms with Crippen LogP contribution >= 0.6 is 11.6 Å². The van der Waals surface area contributed by atoms with Gasteiger partial charge in [-0.3, -0.25) is 14.6 Å². The number of benzene rings is 1. The van der Waals surface area contributed by atoms with Crippen molar-refractivity contribution in [3.05, 3.63) is 64.9 Å². The average Bonchev–Trinajstić information content (AvgIpc) is 2.48. The molecular weight excluding hydrogens is 290 g/mol. The maximum Gasteiger partial charge on any atom is 0.254 e. The molecule has 2 aromatic rings. The summed E-state index contributed by atoms with van der Waals surface area (Å²) in [5.41, 5.74) is 4.97. The molecule has 0 aliphatic heterocycles. The molecule has 0 aliphatic carbocycles. The van der Waals surface area contributed by atoms with E-state index in [1.165, 1.54) is 18.5 Å². The summed E-state index contributed by atoms with van der Waals surface area (Å²) >= 11 is 5.93. The molecule has 1 heterocycles. The topological polar surface area (TPSA) is 85.1 Å². The smallest absolute Gasteiger partial charge is 0.254 e. The summed E-state index contributed by atoms with van der Waals surface area (Å²) in [4.78, 5) is 28.0. The molecule has 21 heavy (non-hydrogen) atoms. The molecular formula is C15H14ClN3O2. The van der Waals surface area contributed by atoms with Crippen molar-refractivity contribution < 1.29 is 9.59 Å². The lowest BCUT2D eigenvalue weighted by Crippen LogP contribution is -2.52. The van der Waals surface area contributed by atoms with Crippen LogP contribution < -0.4 is 11.1 Å². The summed E-state index contributed by atoms with van der Waals surface area (Å²) in [6.45, 7) is 1.55. The number of hydrogen-bond acceptors (Lipinski definition) is 3. The third-order valence-electron chi connectivity index (χ3n) is 3.22. The fourth-order valence-corrected chi connectivity index (χ4v) is 2.11. The first-order valence-corrected chi connectivity index (χ1v) is 6.60. The summed E-state index contributed by atoms with van der Waals surface area (Å²) in [5, 5.41) is 2.84. The van der Waals surface area contributed by atoms with Crippen molar-refractivity contribution >= 4 is 23.4 Å². The van der Waals surface area contributed by atoms with Gasteiger partial charge in [-0.25, -0.2) is 0 Å². The molecule has 1 aromatic carbocycles. The minimum atomic E-state index is -1.33. The van der Waals surface area contributed by atoms with Crippen LogP contribution in [0, 0.1) is 0 Å². The normalized spacial score (nSPS) is 13.2. The van der Waals surface area contributed by atoms with Crippen LogP contribution in [0.2, 0.25) is 5.02 Å². The van der Waals surface area contributed by atoms with Crippen LogP contribution in [0.1, 0.15) is 22.8 Å². The number of pyridine rings is 1. The molecule has 3 N–H and O–H groups in total. The fraction of sp³-hybridized carbons (Fsp3) is 0.133. The largest absolute Gasteiger partial charge is 0.367 e. The molecule has 0 radical (unpaired) electrons. The molecule has 0 fully saturated rings. The number of amides is 2. The Morgan fingerprint density at radius 2 is 1.90 bits per heavy atom. The number of aromatic nitrogens is 1. The van der Waals surface area contributed by atoms with Gasteiger partial charge in [-0.2, -0.15) is 0 Å². The Kier molecular flexibility index (Phi) is 4.23. The number of nitrogens with two attached hydrogens (primary N) is 1. The first-order valence-electron chi connectivity index (χ1n) is 6.22. The number of carbonyl (C=O) groups is 2. The van der Waals surface area contributed by atoms with E-state index in [4.69, 9.17) is 17.3 Å². The minimum Gasteiger partial charge on any atom is -0.367 e. The summed E-state index contributed by atoms with van der Waals surface area (Å²) in [6.07, 6.45) is 2.81. The Hall–Kier alpha value is -2.40. The second-order valence-electron chi connectivity index (χ2n) is 4.66. The molecule has 5 nitrogen and oxygen atoms in total. The number of carbonyl (C=O) groups excluding carboxylic acids is 2. The van der Waals surface area contributed by atoms with Gasteiger partial charge in [-0.1, -0.05) is 41.9 Å². The van der Waals surface area contributed by atoms with Crippen molar-refractivity contribution in [1.82, 2.24) is 10.3 Å². The van der Waals surface area contributed by atoms with E-state index in [2.05, 4.69) is 10.3 Å². The standard InChI is InChI=1S/C15H14ClN3O2/c1-15(14(17)21,10-5-3-2-4-6-10)19-13(20)11-7-8-18-9-12(11)16/h2-9H,1H3,(H2,17,21)(H,19,20)/t15-/m1/s1. The fourth-order valence-electron chi connectivity index (χ4n) is 1.90. The van der Waals surface area contributed by atoms with Crippen molar-refractivity contribution in [2.75, 3.05) is 0 Å². The van der Waals surface area contributed by atoms with Crippen LogP contribution in [0.15, 0.2) is 48.8 Å². The van der Waals surface area contributed by atoms with E-state index in [-0.39, 0.29) is 10.6 Å². The lowest BCUT2D eigenvalue weighted by molar-refractivity contribution is -0.123.